The smallest absolute Gasteiger partial charge is 0.303 e. The van der Waals surface area contributed by atoms with Gasteiger partial charge in [0.1, 0.15) is 11.9 Å². The van der Waals surface area contributed by atoms with E-state index in [1.54, 1.807) is 31.4 Å². The summed E-state index contributed by atoms with van der Waals surface area (Å²) in [7, 11) is 1.57. The average molecular weight is 366 g/mol. The van der Waals surface area contributed by atoms with Gasteiger partial charge in [-0.1, -0.05) is 24.8 Å². The summed E-state index contributed by atoms with van der Waals surface area (Å²) >= 11 is 0. The maximum absolute atomic E-state index is 11.5. The highest BCUT2D eigenvalue weighted by molar-refractivity contribution is 5.66. The Balaban J connectivity index is 2.49. The molecular weight excluding hydrogens is 344 g/mol. The van der Waals surface area contributed by atoms with Gasteiger partial charge in [0.25, 0.3) is 5.54 Å². The Labute approximate surface area is 159 Å². The summed E-state index contributed by atoms with van der Waals surface area (Å²) in [4.78, 5) is 18.8. The van der Waals surface area contributed by atoms with Crippen LogP contribution in [-0.4, -0.2) is 35.9 Å². The van der Waals surface area contributed by atoms with Crippen LogP contribution in [-0.2, 0) is 16.0 Å². The van der Waals surface area contributed by atoms with Crippen LogP contribution in [0.25, 0.3) is 9.69 Å². The van der Waals surface area contributed by atoms with Crippen LogP contribution in [0.3, 0.4) is 0 Å². The van der Waals surface area contributed by atoms with Crippen LogP contribution in [0.4, 0.5) is 0 Å². The van der Waals surface area contributed by atoms with Crippen molar-refractivity contribution >= 4 is 5.97 Å². The SMILES string of the molecule is [C-]#[N+]C(=C)C(Cc1ccc(OC)cc1)([N+]#[C-])[C@@H]1C[C@H](O)C=C[C@H]1OC(C)=O. The zero-order valence-electron chi connectivity index (χ0n) is 15.4. The standard InChI is InChI=1S/C21H22N2O4/c1-14(22-3)21(23-4,13-16-6-9-18(26-5)10-7-16)19-12-17(25)8-11-20(19)27-15(2)24/h6-11,17,19-20,25H,1,12-13H2,2,5H3/t17-,19-,20-,21?/m1/s1. The Morgan fingerprint density at radius 2 is 2.00 bits per heavy atom. The fourth-order valence-corrected chi connectivity index (χ4v) is 3.41. The molecule has 1 aromatic rings. The van der Waals surface area contributed by atoms with Crippen LogP contribution in [0.5, 0.6) is 5.75 Å². The van der Waals surface area contributed by atoms with Gasteiger partial charge in [-0.2, -0.15) is 0 Å². The van der Waals surface area contributed by atoms with Crippen molar-refractivity contribution in [2.24, 2.45) is 5.92 Å². The lowest BCUT2D eigenvalue weighted by Gasteiger charge is -2.36. The molecule has 0 aromatic heterocycles. The van der Waals surface area contributed by atoms with Crippen molar-refractivity contribution < 1.29 is 19.4 Å². The molecule has 0 spiro atoms. The maximum Gasteiger partial charge on any atom is 0.303 e. The van der Waals surface area contributed by atoms with Gasteiger partial charge < -0.3 is 19.4 Å². The minimum Gasteiger partial charge on any atom is -0.497 e. The van der Waals surface area contributed by atoms with Gasteiger partial charge in [0, 0.05) is 13.3 Å². The third-order valence-corrected chi connectivity index (χ3v) is 4.80. The summed E-state index contributed by atoms with van der Waals surface area (Å²) in [5, 5.41) is 10.1. The van der Waals surface area contributed by atoms with Crippen LogP contribution in [0.2, 0.25) is 0 Å². The Kier molecular flexibility index (Phi) is 6.39. The lowest BCUT2D eigenvalue weighted by atomic mass is 9.70. The summed E-state index contributed by atoms with van der Waals surface area (Å²) in [5.41, 5.74) is -0.442. The van der Waals surface area contributed by atoms with E-state index in [2.05, 4.69) is 16.3 Å². The molecule has 6 nitrogen and oxygen atoms in total. The first-order valence-electron chi connectivity index (χ1n) is 8.48. The van der Waals surface area contributed by atoms with Crippen LogP contribution < -0.4 is 4.74 Å². The third-order valence-electron chi connectivity index (χ3n) is 4.80. The molecule has 1 aliphatic carbocycles. The van der Waals surface area contributed by atoms with Crippen LogP contribution in [0.1, 0.15) is 18.9 Å². The second-order valence-corrected chi connectivity index (χ2v) is 6.49. The predicted molar refractivity (Wildman–Crippen MR) is 101 cm³/mol. The number of carbonyl (C=O) groups excluding carboxylic acids is 1. The van der Waals surface area contributed by atoms with E-state index in [-0.39, 0.29) is 18.5 Å². The first kappa shape index (κ1) is 20.2. The molecule has 4 atom stereocenters. The van der Waals surface area contributed by atoms with E-state index < -0.39 is 29.6 Å². The summed E-state index contributed by atoms with van der Waals surface area (Å²) in [6.07, 6.45) is 2.05. The minimum absolute atomic E-state index is 0.0676. The fourth-order valence-electron chi connectivity index (χ4n) is 3.41. The molecule has 0 fully saturated rings. The molecule has 0 heterocycles. The Morgan fingerprint density at radius 3 is 2.52 bits per heavy atom. The maximum atomic E-state index is 11.5. The first-order chi connectivity index (χ1) is 12.9. The zero-order valence-corrected chi connectivity index (χ0v) is 15.4. The number of nitrogens with zero attached hydrogens (tertiary/aromatic N) is 2. The van der Waals surface area contributed by atoms with Gasteiger partial charge in [-0.25, -0.2) is 11.4 Å². The number of esters is 1. The Hall–Kier alpha value is -3.09. The third kappa shape index (κ3) is 4.36. The van der Waals surface area contributed by atoms with Crippen molar-refractivity contribution in [1.29, 1.82) is 0 Å². The van der Waals surface area contributed by atoms with Crippen LogP contribution in [0, 0.1) is 19.1 Å². The number of aliphatic hydroxyl groups is 1. The topological polar surface area (TPSA) is 64.5 Å². The fraction of sp³-hybridized carbons (Fsp3) is 0.381. The number of methoxy groups -OCH3 is 1. The van der Waals surface area contributed by atoms with Gasteiger partial charge in [-0.15, -0.1) is 0 Å². The predicted octanol–water partition coefficient (Wildman–Crippen LogP) is 3.20. The van der Waals surface area contributed by atoms with Gasteiger partial charge in [0.15, 0.2) is 0 Å². The number of benzene rings is 1. The molecule has 27 heavy (non-hydrogen) atoms. The van der Waals surface area contributed by atoms with E-state index in [1.807, 2.05) is 12.1 Å². The molecule has 1 aromatic carbocycles. The van der Waals surface area contributed by atoms with Crippen molar-refractivity contribution in [3.8, 4) is 5.75 Å². The molecule has 0 radical (unpaired) electrons. The molecule has 140 valence electrons. The van der Waals surface area contributed by atoms with E-state index >= 15 is 0 Å². The highest BCUT2D eigenvalue weighted by Gasteiger charge is 2.54. The van der Waals surface area contributed by atoms with E-state index in [9.17, 15) is 9.90 Å². The van der Waals surface area contributed by atoms with Gasteiger partial charge >= 0.3 is 5.97 Å². The number of carbonyl (C=O) groups is 1. The molecule has 1 aliphatic rings. The van der Waals surface area contributed by atoms with Crippen molar-refractivity contribution in [3.05, 3.63) is 77.1 Å². The van der Waals surface area contributed by atoms with Crippen molar-refractivity contribution in [3.63, 3.8) is 0 Å². The summed E-state index contributed by atoms with van der Waals surface area (Å²) in [6.45, 7) is 20.5. The van der Waals surface area contributed by atoms with E-state index in [0.717, 1.165) is 5.56 Å². The minimum atomic E-state index is -1.33. The van der Waals surface area contributed by atoms with Crippen LogP contribution in [0.15, 0.2) is 48.7 Å². The number of aliphatic hydroxyl groups excluding tert-OH is 1. The van der Waals surface area contributed by atoms with Crippen molar-refractivity contribution in [2.45, 2.75) is 37.5 Å². The van der Waals surface area contributed by atoms with E-state index in [1.165, 1.54) is 6.92 Å². The number of hydrogen-bond acceptors (Lipinski definition) is 4. The second-order valence-electron chi connectivity index (χ2n) is 6.49. The molecule has 0 saturated carbocycles. The highest BCUT2D eigenvalue weighted by Crippen LogP contribution is 2.42. The molecule has 0 amide bonds. The Bertz CT molecular complexity index is 816. The molecule has 0 bridgehead atoms. The number of hydrogen-bond donors (Lipinski definition) is 1. The molecule has 6 heteroatoms. The normalized spacial score (nSPS) is 23.4. The Morgan fingerprint density at radius 1 is 1.33 bits per heavy atom. The van der Waals surface area contributed by atoms with Gasteiger partial charge in [-0.05, 0) is 30.2 Å². The summed E-state index contributed by atoms with van der Waals surface area (Å²) < 4.78 is 10.5. The molecule has 2 rings (SSSR count). The summed E-state index contributed by atoms with van der Waals surface area (Å²) in [6, 6.07) is 7.21. The summed E-state index contributed by atoms with van der Waals surface area (Å²) in [5.74, 6) is -0.393. The largest absolute Gasteiger partial charge is 0.497 e. The zero-order chi connectivity index (χ0) is 20.0. The second kappa shape index (κ2) is 8.53. The monoisotopic (exact) mass is 366 g/mol. The van der Waals surface area contributed by atoms with E-state index in [4.69, 9.17) is 22.6 Å². The van der Waals surface area contributed by atoms with Crippen LogP contribution >= 0.6 is 0 Å². The molecule has 0 aliphatic heterocycles. The number of rotatable bonds is 6. The molecule has 1 unspecified atom stereocenters. The van der Waals surface area contributed by atoms with Gasteiger partial charge in [0.05, 0.1) is 25.7 Å². The van der Waals surface area contributed by atoms with E-state index in [0.29, 0.717) is 5.75 Å². The molecule has 0 saturated heterocycles. The lowest BCUT2D eigenvalue weighted by molar-refractivity contribution is -0.148. The average Bonchev–Trinajstić information content (AvgIpc) is 2.67. The van der Waals surface area contributed by atoms with Gasteiger partial charge in [-0.3, -0.25) is 4.79 Å². The highest BCUT2D eigenvalue weighted by atomic mass is 16.5. The lowest BCUT2D eigenvalue weighted by Crippen LogP contribution is -2.48. The van der Waals surface area contributed by atoms with Crippen molar-refractivity contribution in [2.75, 3.05) is 7.11 Å². The molecule has 1 N–H and O–H groups in total. The quantitative estimate of drug-likeness (QED) is 0.477. The van der Waals surface area contributed by atoms with Crippen molar-refractivity contribution in [1.82, 2.24) is 0 Å². The molecular formula is C21H22N2O4. The first-order valence-corrected chi connectivity index (χ1v) is 8.48. The number of ether oxygens (including phenoxy) is 2. The van der Waals surface area contributed by atoms with Gasteiger partial charge in [0.2, 0.25) is 5.70 Å².